The molecule has 0 aliphatic heterocycles. The molecule has 0 fully saturated rings. The maximum atomic E-state index is 2.31. The molecule has 27 heavy (non-hydrogen) atoms. The van der Waals surface area contributed by atoms with E-state index in [1.807, 2.05) is 0 Å². The van der Waals surface area contributed by atoms with Crippen molar-refractivity contribution in [3.05, 3.63) is 49.1 Å². The molecule has 0 saturated carbocycles. The number of unbranched alkanes of at least 4 members (excludes halogenated alkanes) is 8. The first-order valence-electron chi connectivity index (χ1n) is 10.8. The van der Waals surface area contributed by atoms with Gasteiger partial charge in [0.25, 0.3) is 0 Å². The number of rotatable bonds is 13. The molecule has 0 unspecified atom stereocenters. The van der Waals surface area contributed by atoms with E-state index in [0.717, 1.165) is 13.1 Å². The Bertz CT molecular complexity index is 537. The van der Waals surface area contributed by atoms with E-state index in [2.05, 4.69) is 72.0 Å². The van der Waals surface area contributed by atoms with Gasteiger partial charge in [0.1, 0.15) is 13.1 Å². The molecule has 2 heterocycles. The van der Waals surface area contributed by atoms with Crippen LogP contribution >= 0.6 is 0 Å². The SMILES string of the molecule is CCCCCCC[n+]1ccc(-c2cc[n+](CCCCCCC)cc2)cc1.[Br-]. The van der Waals surface area contributed by atoms with Crippen LogP contribution in [0.4, 0.5) is 0 Å². The maximum absolute atomic E-state index is 2.31. The van der Waals surface area contributed by atoms with E-state index < -0.39 is 0 Å². The molecule has 2 aromatic heterocycles. The topological polar surface area (TPSA) is 7.76 Å². The highest BCUT2D eigenvalue weighted by atomic mass is 79.9. The van der Waals surface area contributed by atoms with E-state index in [-0.39, 0.29) is 17.0 Å². The molecule has 150 valence electrons. The third-order valence-electron chi connectivity index (χ3n) is 5.16. The molecule has 0 saturated heterocycles. The summed E-state index contributed by atoms with van der Waals surface area (Å²) in [6, 6.07) is 8.99. The van der Waals surface area contributed by atoms with Gasteiger partial charge in [-0.25, -0.2) is 9.13 Å². The van der Waals surface area contributed by atoms with Crippen LogP contribution in [0.3, 0.4) is 0 Å². The molecule has 0 aliphatic carbocycles. The zero-order valence-electron chi connectivity index (χ0n) is 17.4. The summed E-state index contributed by atoms with van der Waals surface area (Å²) in [5, 5.41) is 0. The molecular weight excluding hydrogens is 396 g/mol. The second kappa shape index (κ2) is 14.8. The number of aromatic nitrogens is 2. The smallest absolute Gasteiger partial charge is 0.169 e. The molecule has 2 rings (SSSR count). The van der Waals surface area contributed by atoms with E-state index in [1.165, 1.54) is 75.3 Å². The first kappa shape index (κ1) is 23.8. The summed E-state index contributed by atoms with van der Waals surface area (Å²) in [7, 11) is 0. The van der Waals surface area contributed by atoms with Crippen LogP contribution < -0.4 is 26.1 Å². The Morgan fingerprint density at radius 2 is 0.852 bits per heavy atom. The van der Waals surface area contributed by atoms with Crippen molar-refractivity contribution in [3.8, 4) is 11.1 Å². The van der Waals surface area contributed by atoms with Gasteiger partial charge in [0.05, 0.1) is 0 Å². The van der Waals surface area contributed by atoms with E-state index in [4.69, 9.17) is 0 Å². The highest BCUT2D eigenvalue weighted by molar-refractivity contribution is 5.60. The highest BCUT2D eigenvalue weighted by Crippen LogP contribution is 2.15. The normalized spacial score (nSPS) is 10.6. The first-order valence-corrected chi connectivity index (χ1v) is 10.8. The van der Waals surface area contributed by atoms with Crippen LogP contribution in [0.15, 0.2) is 49.1 Å². The van der Waals surface area contributed by atoms with E-state index in [9.17, 15) is 0 Å². The molecule has 0 atom stereocenters. The number of halogens is 1. The number of nitrogens with zero attached hydrogens (tertiary/aromatic N) is 2. The molecule has 0 aromatic carbocycles. The lowest BCUT2D eigenvalue weighted by molar-refractivity contribution is -0.697. The summed E-state index contributed by atoms with van der Waals surface area (Å²) in [6.07, 6.45) is 22.3. The summed E-state index contributed by atoms with van der Waals surface area (Å²) in [6.45, 7) is 6.81. The van der Waals surface area contributed by atoms with Crippen molar-refractivity contribution in [3.63, 3.8) is 0 Å². The maximum Gasteiger partial charge on any atom is 0.169 e. The number of aryl methyl sites for hydroxylation is 2. The van der Waals surface area contributed by atoms with Gasteiger partial charge in [-0.2, -0.15) is 0 Å². The summed E-state index contributed by atoms with van der Waals surface area (Å²) in [4.78, 5) is 0. The molecular formula is C24H38BrN2+. The van der Waals surface area contributed by atoms with Crippen LogP contribution in [0.25, 0.3) is 11.1 Å². The molecule has 2 nitrogen and oxygen atoms in total. The monoisotopic (exact) mass is 433 g/mol. The Labute approximate surface area is 177 Å². The quantitative estimate of drug-likeness (QED) is 0.338. The van der Waals surface area contributed by atoms with Gasteiger partial charge in [-0.15, -0.1) is 0 Å². The highest BCUT2D eigenvalue weighted by Gasteiger charge is 2.06. The minimum Gasteiger partial charge on any atom is -1.00 e. The minimum atomic E-state index is 0. The minimum absolute atomic E-state index is 0. The number of pyridine rings is 2. The molecule has 0 aliphatic rings. The summed E-state index contributed by atoms with van der Waals surface area (Å²) < 4.78 is 4.63. The van der Waals surface area contributed by atoms with Crippen LogP contribution in [-0.2, 0) is 13.1 Å². The molecule has 0 N–H and O–H groups in total. The molecule has 0 bridgehead atoms. The van der Waals surface area contributed by atoms with Gasteiger partial charge < -0.3 is 17.0 Å². The lowest BCUT2D eigenvalue weighted by Gasteiger charge is -2.02. The van der Waals surface area contributed by atoms with E-state index >= 15 is 0 Å². The van der Waals surface area contributed by atoms with Crippen molar-refractivity contribution in [2.24, 2.45) is 0 Å². The Hall–Kier alpha value is -1.22. The van der Waals surface area contributed by atoms with Crippen molar-refractivity contribution in [2.75, 3.05) is 0 Å². The van der Waals surface area contributed by atoms with E-state index in [0.29, 0.717) is 0 Å². The van der Waals surface area contributed by atoms with Crippen LogP contribution in [0.5, 0.6) is 0 Å². The van der Waals surface area contributed by atoms with Gasteiger partial charge in [0, 0.05) is 37.1 Å². The van der Waals surface area contributed by atoms with Crippen LogP contribution in [-0.4, -0.2) is 0 Å². The van der Waals surface area contributed by atoms with Crippen LogP contribution in [0.2, 0.25) is 0 Å². The fourth-order valence-electron chi connectivity index (χ4n) is 3.39. The zero-order chi connectivity index (χ0) is 18.5. The summed E-state index contributed by atoms with van der Waals surface area (Å²) >= 11 is 0. The first-order chi connectivity index (χ1) is 12.8. The van der Waals surface area contributed by atoms with Gasteiger partial charge in [0.2, 0.25) is 0 Å². The lowest BCUT2D eigenvalue weighted by Crippen LogP contribution is -3.00. The van der Waals surface area contributed by atoms with Gasteiger partial charge in [-0.1, -0.05) is 52.4 Å². The van der Waals surface area contributed by atoms with Gasteiger partial charge in [-0.05, 0) is 24.0 Å². The summed E-state index contributed by atoms with van der Waals surface area (Å²) in [5.74, 6) is 0. The number of hydrogen-bond donors (Lipinski definition) is 0. The molecule has 0 amide bonds. The van der Waals surface area contributed by atoms with Crippen LogP contribution in [0.1, 0.15) is 78.1 Å². The third kappa shape index (κ3) is 9.51. The van der Waals surface area contributed by atoms with Crippen molar-refractivity contribution in [1.82, 2.24) is 0 Å². The van der Waals surface area contributed by atoms with Crippen LogP contribution in [0, 0.1) is 0 Å². The fraction of sp³-hybridized carbons (Fsp3) is 0.583. The largest absolute Gasteiger partial charge is 1.00 e. The van der Waals surface area contributed by atoms with E-state index in [1.54, 1.807) is 0 Å². The second-order valence-corrected chi connectivity index (χ2v) is 7.48. The number of hydrogen-bond acceptors (Lipinski definition) is 0. The molecule has 2 aromatic rings. The van der Waals surface area contributed by atoms with Crippen molar-refractivity contribution >= 4 is 0 Å². The Morgan fingerprint density at radius 3 is 1.19 bits per heavy atom. The lowest BCUT2D eigenvalue weighted by atomic mass is 10.1. The Morgan fingerprint density at radius 1 is 0.519 bits per heavy atom. The predicted molar refractivity (Wildman–Crippen MR) is 110 cm³/mol. The third-order valence-corrected chi connectivity index (χ3v) is 5.16. The van der Waals surface area contributed by atoms with Gasteiger partial charge in [0.15, 0.2) is 24.8 Å². The second-order valence-electron chi connectivity index (χ2n) is 7.48. The molecule has 0 radical (unpaired) electrons. The Kier molecular flexibility index (Phi) is 13.0. The van der Waals surface area contributed by atoms with Crippen molar-refractivity contribution in [2.45, 2.75) is 91.1 Å². The Balaban J connectivity index is 0.00000364. The summed E-state index contributed by atoms with van der Waals surface area (Å²) in [5.41, 5.74) is 2.62. The van der Waals surface area contributed by atoms with Gasteiger partial charge >= 0.3 is 0 Å². The molecule has 3 heteroatoms. The average Bonchev–Trinajstić information content (AvgIpc) is 2.69. The average molecular weight is 434 g/mol. The van der Waals surface area contributed by atoms with Gasteiger partial charge in [-0.3, -0.25) is 0 Å². The molecule has 0 spiro atoms. The fourth-order valence-corrected chi connectivity index (χ4v) is 3.39. The predicted octanol–water partition coefficient (Wildman–Crippen LogP) is 2.87. The van der Waals surface area contributed by atoms with Crippen molar-refractivity contribution < 1.29 is 26.1 Å². The van der Waals surface area contributed by atoms with Crippen molar-refractivity contribution in [1.29, 1.82) is 0 Å². The zero-order valence-corrected chi connectivity index (χ0v) is 19.0. The standard InChI is InChI=1S/C24H38N2.BrH/c1-3-5-7-9-11-17-25-19-13-23(14-20-25)24-15-21-26(22-16-24)18-12-10-8-6-4-2;/h13-16,19-22H,3-12,17-18H2,1-2H3;1H/q+2;/p-1.